The van der Waals surface area contributed by atoms with Crippen LogP contribution in [0.5, 0.6) is 0 Å². The van der Waals surface area contributed by atoms with Crippen molar-refractivity contribution in [3.63, 3.8) is 0 Å². The summed E-state index contributed by atoms with van der Waals surface area (Å²) in [5.74, 6) is 2.34. The van der Waals surface area contributed by atoms with Crippen LogP contribution < -0.4 is 0 Å². The van der Waals surface area contributed by atoms with E-state index in [1.807, 2.05) is 0 Å². The molecule has 22 heavy (non-hydrogen) atoms. The molecule has 0 saturated heterocycles. The highest BCUT2D eigenvalue weighted by Gasteiger charge is 2.29. The molecule has 0 aliphatic rings. The van der Waals surface area contributed by atoms with Crippen LogP contribution in [-0.4, -0.2) is 9.76 Å². The molecule has 1 unspecified atom stereocenters. The zero-order chi connectivity index (χ0) is 17.6. The van der Waals surface area contributed by atoms with Crippen molar-refractivity contribution in [1.29, 1.82) is 0 Å². The molecule has 0 aromatic rings. The maximum absolute atomic E-state index is 6.30. The lowest BCUT2D eigenvalue weighted by Crippen LogP contribution is -2.25. The molecular formula is C20H38OSi. The molecule has 0 bridgehead atoms. The fourth-order valence-corrected chi connectivity index (χ4v) is 2.70. The van der Waals surface area contributed by atoms with Gasteiger partial charge >= 0.3 is 9.76 Å². The summed E-state index contributed by atoms with van der Waals surface area (Å²) in [4.78, 5) is 0. The van der Waals surface area contributed by atoms with Gasteiger partial charge in [-0.2, -0.15) is 0 Å². The third kappa shape index (κ3) is 8.82. The highest BCUT2D eigenvalue weighted by atomic mass is 28.2. The van der Waals surface area contributed by atoms with E-state index in [2.05, 4.69) is 81.4 Å². The Hall–Kier alpha value is -0.503. The zero-order valence-electron chi connectivity index (χ0n) is 16.6. The summed E-state index contributed by atoms with van der Waals surface area (Å²) in [6.07, 6.45) is 7.01. The van der Waals surface area contributed by atoms with Crippen molar-refractivity contribution >= 4 is 9.76 Å². The number of hydrogen-bond acceptors (Lipinski definition) is 1. The Morgan fingerprint density at radius 2 is 1.59 bits per heavy atom. The second-order valence-corrected chi connectivity index (χ2v) is 10.4. The summed E-state index contributed by atoms with van der Waals surface area (Å²) in [5.41, 5.74) is 1.48. The van der Waals surface area contributed by atoms with Crippen LogP contribution in [0.2, 0.25) is 5.04 Å². The molecule has 0 fully saturated rings. The number of hydrogen-bond donors (Lipinski definition) is 0. The van der Waals surface area contributed by atoms with E-state index in [-0.39, 0.29) is 10.5 Å². The largest absolute Gasteiger partial charge is 0.543 e. The van der Waals surface area contributed by atoms with Crippen LogP contribution in [0, 0.1) is 17.3 Å². The molecule has 1 atom stereocenters. The second-order valence-electron chi connectivity index (χ2n) is 8.70. The third-order valence-corrected chi connectivity index (χ3v) is 5.64. The predicted molar refractivity (Wildman–Crippen MR) is 101 cm³/mol. The minimum absolute atomic E-state index is 0.0742. The van der Waals surface area contributed by atoms with Crippen molar-refractivity contribution < 1.29 is 4.43 Å². The lowest BCUT2D eigenvalue weighted by Gasteiger charge is -2.31. The third-order valence-electron chi connectivity index (χ3n) is 4.22. The van der Waals surface area contributed by atoms with E-state index in [9.17, 15) is 0 Å². The van der Waals surface area contributed by atoms with Gasteiger partial charge in [0.2, 0.25) is 0 Å². The number of allylic oxidation sites excluding steroid dienone is 4. The SMILES string of the molecule is CC(C)=CCCC(C)/C=C(\O[Si]C(C)(C)C(C)C)C(C)(C)C. The summed E-state index contributed by atoms with van der Waals surface area (Å²) < 4.78 is 6.30. The topological polar surface area (TPSA) is 9.23 Å². The molecule has 0 saturated carbocycles. The summed E-state index contributed by atoms with van der Waals surface area (Å²) in [7, 11) is 0.511. The number of rotatable bonds is 8. The van der Waals surface area contributed by atoms with Crippen LogP contribution in [0.25, 0.3) is 0 Å². The van der Waals surface area contributed by atoms with Crippen molar-refractivity contribution in [2.24, 2.45) is 17.3 Å². The van der Waals surface area contributed by atoms with Crippen molar-refractivity contribution in [2.45, 2.75) is 87.1 Å². The van der Waals surface area contributed by atoms with Gasteiger partial charge < -0.3 is 4.43 Å². The minimum atomic E-state index is 0.0742. The van der Waals surface area contributed by atoms with Crippen LogP contribution in [0.4, 0.5) is 0 Å². The van der Waals surface area contributed by atoms with Gasteiger partial charge in [-0.3, -0.25) is 0 Å². The van der Waals surface area contributed by atoms with Gasteiger partial charge in [0.25, 0.3) is 0 Å². The van der Waals surface area contributed by atoms with E-state index in [1.165, 1.54) is 12.0 Å². The normalized spacial score (nSPS) is 15.0. The van der Waals surface area contributed by atoms with Crippen molar-refractivity contribution in [1.82, 2.24) is 0 Å². The van der Waals surface area contributed by atoms with Crippen LogP contribution in [0.1, 0.15) is 82.1 Å². The van der Waals surface area contributed by atoms with Gasteiger partial charge in [-0.1, -0.05) is 67.0 Å². The van der Waals surface area contributed by atoms with Crippen LogP contribution in [0.15, 0.2) is 23.5 Å². The van der Waals surface area contributed by atoms with E-state index in [0.29, 0.717) is 21.6 Å². The van der Waals surface area contributed by atoms with Crippen LogP contribution >= 0.6 is 0 Å². The maximum atomic E-state index is 6.30. The molecule has 0 heterocycles. The molecular weight excluding hydrogens is 284 g/mol. The molecule has 0 aliphatic heterocycles. The fraction of sp³-hybridized carbons (Fsp3) is 0.800. The standard InChI is InChI=1S/C20H38OSi/c1-15(2)12-11-13-17(5)14-18(19(6,7)8)21-22-20(9,10)16(3)4/h12,14,16-17H,11,13H2,1-10H3/b18-14-. The Morgan fingerprint density at radius 3 is 2.00 bits per heavy atom. The predicted octanol–water partition coefficient (Wildman–Crippen LogP) is 6.79. The van der Waals surface area contributed by atoms with E-state index in [4.69, 9.17) is 4.43 Å². The first-order valence-corrected chi connectivity index (χ1v) is 9.56. The minimum Gasteiger partial charge on any atom is -0.543 e. The highest BCUT2D eigenvalue weighted by Crippen LogP contribution is 2.36. The zero-order valence-corrected chi connectivity index (χ0v) is 17.6. The van der Waals surface area contributed by atoms with Gasteiger partial charge in [0, 0.05) is 5.41 Å². The average molecular weight is 323 g/mol. The van der Waals surface area contributed by atoms with Crippen molar-refractivity contribution in [2.75, 3.05) is 0 Å². The molecule has 0 spiro atoms. The Bertz CT molecular complexity index is 379. The lowest BCUT2D eigenvalue weighted by molar-refractivity contribution is 0.279. The molecule has 0 amide bonds. The van der Waals surface area contributed by atoms with E-state index in [1.54, 1.807) is 0 Å². The summed E-state index contributed by atoms with van der Waals surface area (Å²) in [6, 6.07) is 0. The first-order valence-electron chi connectivity index (χ1n) is 8.66. The monoisotopic (exact) mass is 322 g/mol. The molecule has 128 valence electrons. The molecule has 0 rings (SSSR count). The molecule has 0 aromatic heterocycles. The Balaban J connectivity index is 4.85. The van der Waals surface area contributed by atoms with Crippen molar-refractivity contribution in [3.8, 4) is 0 Å². The molecule has 0 aromatic carbocycles. The fourth-order valence-electron chi connectivity index (χ4n) is 1.72. The summed E-state index contributed by atoms with van der Waals surface area (Å²) >= 11 is 0. The van der Waals surface area contributed by atoms with Crippen LogP contribution in [-0.2, 0) is 4.43 Å². The summed E-state index contributed by atoms with van der Waals surface area (Å²) in [6.45, 7) is 22.5. The smallest absolute Gasteiger partial charge is 0.316 e. The van der Waals surface area contributed by atoms with E-state index >= 15 is 0 Å². The first-order chi connectivity index (χ1) is 9.86. The van der Waals surface area contributed by atoms with E-state index < -0.39 is 0 Å². The average Bonchev–Trinajstić information content (AvgIpc) is 2.32. The second kappa shape index (κ2) is 8.96. The van der Waals surface area contributed by atoms with Gasteiger partial charge in [-0.05, 0) is 49.6 Å². The van der Waals surface area contributed by atoms with Crippen molar-refractivity contribution in [3.05, 3.63) is 23.5 Å². The lowest BCUT2D eigenvalue weighted by atomic mass is 9.90. The van der Waals surface area contributed by atoms with Crippen LogP contribution in [0.3, 0.4) is 0 Å². The maximum Gasteiger partial charge on any atom is 0.316 e. The molecule has 2 radical (unpaired) electrons. The Morgan fingerprint density at radius 1 is 1.05 bits per heavy atom. The first kappa shape index (κ1) is 21.5. The molecule has 2 heteroatoms. The quantitative estimate of drug-likeness (QED) is 0.271. The van der Waals surface area contributed by atoms with Gasteiger partial charge in [0.05, 0.1) is 5.76 Å². The van der Waals surface area contributed by atoms with Gasteiger partial charge in [0.15, 0.2) is 0 Å². The molecule has 0 aliphatic carbocycles. The van der Waals surface area contributed by atoms with Gasteiger partial charge in [0.1, 0.15) is 0 Å². The molecule has 1 nitrogen and oxygen atoms in total. The van der Waals surface area contributed by atoms with E-state index in [0.717, 1.165) is 12.2 Å². The molecule has 0 N–H and O–H groups in total. The Kier molecular flexibility index (Phi) is 8.75. The van der Waals surface area contributed by atoms with Gasteiger partial charge in [-0.15, -0.1) is 0 Å². The van der Waals surface area contributed by atoms with Gasteiger partial charge in [-0.25, -0.2) is 0 Å². The Labute approximate surface area is 142 Å². The summed E-state index contributed by atoms with van der Waals surface area (Å²) in [5, 5.41) is 0.232. The highest BCUT2D eigenvalue weighted by molar-refractivity contribution is 6.32.